The fourth-order valence-corrected chi connectivity index (χ4v) is 4.23. The Balaban J connectivity index is 1.68. The third-order valence-electron chi connectivity index (χ3n) is 5.20. The lowest BCUT2D eigenvalue weighted by molar-refractivity contribution is 0.0600. The van der Waals surface area contributed by atoms with Crippen molar-refractivity contribution in [3.63, 3.8) is 0 Å². The van der Waals surface area contributed by atoms with Gasteiger partial charge in [0, 0.05) is 17.8 Å². The zero-order valence-electron chi connectivity index (χ0n) is 17.0. The van der Waals surface area contributed by atoms with Gasteiger partial charge in [0.25, 0.3) is 0 Å². The third kappa shape index (κ3) is 3.68. The molecule has 2 atom stereocenters. The fourth-order valence-electron chi connectivity index (χ4n) is 3.78. The van der Waals surface area contributed by atoms with Crippen LogP contribution in [-0.4, -0.2) is 34.1 Å². The smallest absolute Gasteiger partial charge is 0.337 e. The topological polar surface area (TPSA) is 67.6 Å². The number of rotatable bonds is 5. The SMILES string of the molecule is COC(=O)c1ccc(-c2ccc(C3C(c4ccccn4)NC(=S)N3C(C)C)o2)cc1. The number of benzene rings is 1. The van der Waals surface area contributed by atoms with Gasteiger partial charge in [0.15, 0.2) is 5.11 Å². The van der Waals surface area contributed by atoms with Gasteiger partial charge >= 0.3 is 5.97 Å². The summed E-state index contributed by atoms with van der Waals surface area (Å²) in [6.45, 7) is 4.22. The van der Waals surface area contributed by atoms with Gasteiger partial charge < -0.3 is 19.4 Å². The molecule has 2 unspecified atom stereocenters. The van der Waals surface area contributed by atoms with Crippen LogP contribution < -0.4 is 5.32 Å². The van der Waals surface area contributed by atoms with Crippen LogP contribution >= 0.6 is 12.2 Å². The Labute approximate surface area is 180 Å². The summed E-state index contributed by atoms with van der Waals surface area (Å²) in [4.78, 5) is 18.3. The molecule has 3 heterocycles. The van der Waals surface area contributed by atoms with Crippen LogP contribution in [-0.2, 0) is 4.74 Å². The van der Waals surface area contributed by atoms with Crippen LogP contribution in [0, 0.1) is 0 Å². The second-order valence-corrected chi connectivity index (χ2v) is 7.79. The highest BCUT2D eigenvalue weighted by Crippen LogP contribution is 2.41. The van der Waals surface area contributed by atoms with Gasteiger partial charge in [-0.05, 0) is 62.5 Å². The first-order chi connectivity index (χ1) is 14.5. The van der Waals surface area contributed by atoms with E-state index in [1.54, 1.807) is 18.3 Å². The molecule has 1 fully saturated rings. The highest BCUT2D eigenvalue weighted by molar-refractivity contribution is 7.80. The van der Waals surface area contributed by atoms with Gasteiger partial charge in [-0.15, -0.1) is 0 Å². The molecule has 0 spiro atoms. The first-order valence-electron chi connectivity index (χ1n) is 9.78. The number of nitrogens with one attached hydrogen (secondary N) is 1. The van der Waals surface area contributed by atoms with E-state index < -0.39 is 0 Å². The summed E-state index contributed by atoms with van der Waals surface area (Å²) in [7, 11) is 1.37. The first kappa shape index (κ1) is 20.1. The van der Waals surface area contributed by atoms with Crippen molar-refractivity contribution in [2.75, 3.05) is 7.11 Å². The molecule has 6 nitrogen and oxygen atoms in total. The molecule has 30 heavy (non-hydrogen) atoms. The van der Waals surface area contributed by atoms with E-state index in [4.69, 9.17) is 21.4 Å². The number of nitrogens with zero attached hydrogens (tertiary/aromatic N) is 2. The minimum atomic E-state index is -0.363. The van der Waals surface area contributed by atoms with E-state index in [9.17, 15) is 4.79 Å². The zero-order chi connectivity index (χ0) is 21.3. The molecule has 0 aliphatic carbocycles. The lowest BCUT2D eigenvalue weighted by atomic mass is 10.0. The average molecular weight is 422 g/mol. The van der Waals surface area contributed by atoms with Gasteiger partial charge in [0.2, 0.25) is 0 Å². The Hall–Kier alpha value is -3.19. The Morgan fingerprint density at radius 1 is 1.17 bits per heavy atom. The highest BCUT2D eigenvalue weighted by atomic mass is 32.1. The average Bonchev–Trinajstić information content (AvgIpc) is 3.38. The minimum Gasteiger partial charge on any atom is -0.465 e. The van der Waals surface area contributed by atoms with E-state index >= 15 is 0 Å². The van der Waals surface area contributed by atoms with Crippen molar-refractivity contribution >= 4 is 23.3 Å². The third-order valence-corrected chi connectivity index (χ3v) is 5.53. The van der Waals surface area contributed by atoms with Crippen molar-refractivity contribution in [2.24, 2.45) is 0 Å². The molecule has 2 aromatic heterocycles. The summed E-state index contributed by atoms with van der Waals surface area (Å²) in [5, 5.41) is 4.10. The number of furan rings is 1. The molecular formula is C23H23N3O3S. The predicted octanol–water partition coefficient (Wildman–Crippen LogP) is 4.51. The van der Waals surface area contributed by atoms with E-state index in [-0.39, 0.29) is 24.1 Å². The molecule has 1 aliphatic rings. The number of ether oxygens (including phenoxy) is 1. The number of aromatic nitrogens is 1. The Morgan fingerprint density at radius 3 is 2.57 bits per heavy atom. The molecule has 1 aliphatic heterocycles. The summed E-state index contributed by atoms with van der Waals surface area (Å²) >= 11 is 5.62. The van der Waals surface area contributed by atoms with Crippen LogP contribution in [0.3, 0.4) is 0 Å². The summed E-state index contributed by atoms with van der Waals surface area (Å²) in [5.74, 6) is 1.17. The highest BCUT2D eigenvalue weighted by Gasteiger charge is 2.42. The first-order valence-corrected chi connectivity index (χ1v) is 10.2. The number of carbonyl (C=O) groups is 1. The van der Waals surface area contributed by atoms with E-state index in [0.717, 1.165) is 22.8 Å². The molecule has 3 aromatic rings. The molecule has 7 heteroatoms. The number of hydrogen-bond acceptors (Lipinski definition) is 5. The van der Waals surface area contributed by atoms with Crippen LogP contribution in [0.2, 0.25) is 0 Å². The van der Waals surface area contributed by atoms with Crippen molar-refractivity contribution in [2.45, 2.75) is 32.0 Å². The Kier molecular flexibility index (Phi) is 5.55. The lowest BCUT2D eigenvalue weighted by Crippen LogP contribution is -2.35. The van der Waals surface area contributed by atoms with Gasteiger partial charge in [0.05, 0.1) is 24.4 Å². The fraction of sp³-hybridized carbons (Fsp3) is 0.261. The van der Waals surface area contributed by atoms with Gasteiger partial charge in [0.1, 0.15) is 17.6 Å². The quantitative estimate of drug-likeness (QED) is 0.480. The van der Waals surface area contributed by atoms with Gasteiger partial charge in [-0.1, -0.05) is 18.2 Å². The second kappa shape index (κ2) is 8.28. The number of esters is 1. The van der Waals surface area contributed by atoms with Crippen molar-refractivity contribution < 1.29 is 13.9 Å². The van der Waals surface area contributed by atoms with Crippen molar-refractivity contribution in [3.05, 3.63) is 77.8 Å². The van der Waals surface area contributed by atoms with Crippen LogP contribution in [0.1, 0.15) is 47.7 Å². The standard InChI is InChI=1S/C23H23N3O3S/c1-14(2)26-21(20(25-23(26)30)17-6-4-5-13-24-17)19-12-11-18(29-19)15-7-9-16(10-8-15)22(27)28-3/h4-14,20-21H,1-3H3,(H,25,30). The van der Waals surface area contributed by atoms with E-state index in [1.807, 2.05) is 42.5 Å². The Bertz CT molecular complexity index is 1050. The number of carbonyl (C=O) groups excluding carboxylic acids is 1. The van der Waals surface area contributed by atoms with E-state index in [0.29, 0.717) is 10.7 Å². The normalized spacial score (nSPS) is 18.5. The van der Waals surface area contributed by atoms with Crippen molar-refractivity contribution in [1.82, 2.24) is 15.2 Å². The van der Waals surface area contributed by atoms with Crippen molar-refractivity contribution in [3.8, 4) is 11.3 Å². The molecule has 0 amide bonds. The molecule has 1 N–H and O–H groups in total. The van der Waals surface area contributed by atoms with Gasteiger partial charge in [-0.3, -0.25) is 4.98 Å². The maximum absolute atomic E-state index is 11.7. The second-order valence-electron chi connectivity index (χ2n) is 7.40. The van der Waals surface area contributed by atoms with E-state index in [1.165, 1.54) is 7.11 Å². The molecule has 0 saturated carbocycles. The number of hydrogen-bond donors (Lipinski definition) is 1. The maximum atomic E-state index is 11.7. The molecule has 4 rings (SSSR count). The summed E-state index contributed by atoms with van der Waals surface area (Å²) in [6.07, 6.45) is 1.78. The number of pyridine rings is 1. The van der Waals surface area contributed by atoms with Crippen LogP contribution in [0.5, 0.6) is 0 Å². The number of methoxy groups -OCH3 is 1. The molecule has 0 bridgehead atoms. The van der Waals surface area contributed by atoms with Gasteiger partial charge in [-0.25, -0.2) is 4.79 Å². The summed E-state index contributed by atoms with van der Waals surface area (Å²) in [5.41, 5.74) is 2.29. The maximum Gasteiger partial charge on any atom is 0.337 e. The molecule has 1 saturated heterocycles. The minimum absolute atomic E-state index is 0.109. The van der Waals surface area contributed by atoms with Crippen LogP contribution in [0.25, 0.3) is 11.3 Å². The largest absolute Gasteiger partial charge is 0.465 e. The summed E-state index contributed by atoms with van der Waals surface area (Å²) in [6, 6.07) is 16.9. The molecular weight excluding hydrogens is 398 g/mol. The summed E-state index contributed by atoms with van der Waals surface area (Å²) < 4.78 is 11.0. The monoisotopic (exact) mass is 421 g/mol. The lowest BCUT2D eigenvalue weighted by Gasteiger charge is -2.29. The molecule has 0 radical (unpaired) electrons. The number of thiocarbonyl (C=S) groups is 1. The molecule has 1 aromatic carbocycles. The van der Waals surface area contributed by atoms with Crippen molar-refractivity contribution in [1.29, 1.82) is 0 Å². The zero-order valence-corrected chi connectivity index (χ0v) is 17.8. The molecule has 154 valence electrons. The van der Waals surface area contributed by atoms with Crippen LogP contribution in [0.4, 0.5) is 0 Å². The Morgan fingerprint density at radius 2 is 1.93 bits per heavy atom. The predicted molar refractivity (Wildman–Crippen MR) is 118 cm³/mol. The van der Waals surface area contributed by atoms with Crippen LogP contribution in [0.15, 0.2) is 65.2 Å². The van der Waals surface area contributed by atoms with E-state index in [2.05, 4.69) is 29.0 Å². The van der Waals surface area contributed by atoms with Gasteiger partial charge in [-0.2, -0.15) is 0 Å².